The van der Waals surface area contributed by atoms with Crippen LogP contribution < -0.4 is 0 Å². The number of carbonyl (C=O) groups excluding carboxylic acids is 1. The highest BCUT2D eigenvalue weighted by Crippen LogP contribution is 2.31. The molecule has 1 saturated carbocycles. The van der Waals surface area contributed by atoms with Gasteiger partial charge in [0.15, 0.2) is 0 Å². The first-order valence-electron chi connectivity index (χ1n) is 7.59. The van der Waals surface area contributed by atoms with E-state index in [4.69, 9.17) is 5.11 Å². The SMILES string of the molecule is CC1CCCCN(C(=O)C2CCCC(C(=O)O)C2)C1. The molecule has 19 heavy (non-hydrogen) atoms. The van der Waals surface area contributed by atoms with Crippen LogP contribution in [0.3, 0.4) is 0 Å². The average Bonchev–Trinajstić information content (AvgIpc) is 2.62. The summed E-state index contributed by atoms with van der Waals surface area (Å²) in [4.78, 5) is 25.6. The highest BCUT2D eigenvalue weighted by atomic mass is 16.4. The van der Waals surface area contributed by atoms with Crippen molar-refractivity contribution in [1.82, 2.24) is 4.90 Å². The molecule has 1 aliphatic carbocycles. The van der Waals surface area contributed by atoms with E-state index < -0.39 is 5.97 Å². The molecule has 1 heterocycles. The Hall–Kier alpha value is -1.06. The largest absolute Gasteiger partial charge is 0.481 e. The van der Waals surface area contributed by atoms with Crippen LogP contribution >= 0.6 is 0 Å². The van der Waals surface area contributed by atoms with Gasteiger partial charge >= 0.3 is 5.97 Å². The van der Waals surface area contributed by atoms with Gasteiger partial charge in [0.25, 0.3) is 0 Å². The Morgan fingerprint density at radius 3 is 2.53 bits per heavy atom. The van der Waals surface area contributed by atoms with Gasteiger partial charge in [-0.2, -0.15) is 0 Å². The summed E-state index contributed by atoms with van der Waals surface area (Å²) < 4.78 is 0. The van der Waals surface area contributed by atoms with Gasteiger partial charge in [0.05, 0.1) is 5.92 Å². The normalized spacial score (nSPS) is 32.7. The molecule has 4 heteroatoms. The maximum absolute atomic E-state index is 12.6. The van der Waals surface area contributed by atoms with Crippen LogP contribution in [0.5, 0.6) is 0 Å². The molecule has 3 unspecified atom stereocenters. The number of aliphatic carboxylic acids is 1. The summed E-state index contributed by atoms with van der Waals surface area (Å²) in [5.74, 6) is -0.320. The molecule has 1 N–H and O–H groups in total. The molecule has 0 spiro atoms. The molecule has 2 fully saturated rings. The number of hydrogen-bond donors (Lipinski definition) is 1. The predicted molar refractivity (Wildman–Crippen MR) is 72.7 cm³/mol. The first kappa shape index (κ1) is 14.4. The minimum atomic E-state index is -0.735. The van der Waals surface area contributed by atoms with Gasteiger partial charge in [0.2, 0.25) is 5.91 Å². The van der Waals surface area contributed by atoms with Crippen molar-refractivity contribution in [2.45, 2.75) is 51.9 Å². The number of amides is 1. The Morgan fingerprint density at radius 1 is 1.05 bits per heavy atom. The second-order valence-electron chi connectivity index (χ2n) is 6.28. The molecule has 1 amide bonds. The van der Waals surface area contributed by atoms with E-state index in [0.29, 0.717) is 12.3 Å². The van der Waals surface area contributed by atoms with Crippen LogP contribution in [0.15, 0.2) is 0 Å². The molecule has 4 nitrogen and oxygen atoms in total. The topological polar surface area (TPSA) is 57.6 Å². The fourth-order valence-electron chi connectivity index (χ4n) is 3.45. The van der Waals surface area contributed by atoms with Crippen molar-refractivity contribution in [2.75, 3.05) is 13.1 Å². The van der Waals surface area contributed by atoms with E-state index in [1.165, 1.54) is 12.8 Å². The number of rotatable bonds is 2. The predicted octanol–water partition coefficient (Wildman–Crippen LogP) is 2.53. The summed E-state index contributed by atoms with van der Waals surface area (Å²) in [7, 11) is 0. The lowest BCUT2D eigenvalue weighted by molar-refractivity contribution is -0.145. The van der Waals surface area contributed by atoms with Crippen molar-refractivity contribution < 1.29 is 14.7 Å². The summed E-state index contributed by atoms with van der Waals surface area (Å²) in [6.45, 7) is 3.91. The summed E-state index contributed by atoms with van der Waals surface area (Å²) >= 11 is 0. The standard InChI is InChI=1S/C15H25NO3/c1-11-5-2-3-8-16(10-11)14(17)12-6-4-7-13(9-12)15(18)19/h11-13H,2-10H2,1H3,(H,18,19). The maximum Gasteiger partial charge on any atom is 0.306 e. The molecule has 0 radical (unpaired) electrons. The van der Waals surface area contributed by atoms with E-state index in [1.54, 1.807) is 0 Å². The Balaban J connectivity index is 1.96. The Kier molecular flexibility index (Phi) is 4.83. The summed E-state index contributed by atoms with van der Waals surface area (Å²) in [6.07, 6.45) is 6.50. The van der Waals surface area contributed by atoms with Gasteiger partial charge in [-0.3, -0.25) is 9.59 Å². The van der Waals surface area contributed by atoms with Crippen molar-refractivity contribution >= 4 is 11.9 Å². The summed E-state index contributed by atoms with van der Waals surface area (Å²) in [5, 5.41) is 9.11. The van der Waals surface area contributed by atoms with Gasteiger partial charge in [-0.15, -0.1) is 0 Å². The Bertz CT molecular complexity index is 342. The zero-order valence-corrected chi connectivity index (χ0v) is 11.8. The molecule has 0 aromatic carbocycles. The number of nitrogens with zero attached hydrogens (tertiary/aromatic N) is 1. The molecule has 2 aliphatic rings. The van der Waals surface area contributed by atoms with E-state index in [2.05, 4.69) is 6.92 Å². The van der Waals surface area contributed by atoms with Gasteiger partial charge in [-0.25, -0.2) is 0 Å². The van der Waals surface area contributed by atoms with Crippen molar-refractivity contribution in [1.29, 1.82) is 0 Å². The molecule has 2 rings (SSSR count). The molecule has 0 aromatic heterocycles. The number of hydrogen-bond acceptors (Lipinski definition) is 2. The van der Waals surface area contributed by atoms with E-state index in [9.17, 15) is 9.59 Å². The third-order valence-corrected chi connectivity index (χ3v) is 4.59. The van der Waals surface area contributed by atoms with Crippen LogP contribution in [0.2, 0.25) is 0 Å². The lowest BCUT2D eigenvalue weighted by Gasteiger charge is -2.31. The van der Waals surface area contributed by atoms with Gasteiger partial charge in [-0.1, -0.05) is 19.8 Å². The number of likely N-dealkylation sites (tertiary alicyclic amines) is 1. The quantitative estimate of drug-likeness (QED) is 0.836. The molecular formula is C15H25NO3. The number of carbonyl (C=O) groups is 2. The first-order chi connectivity index (χ1) is 9.08. The van der Waals surface area contributed by atoms with Crippen LogP contribution in [-0.4, -0.2) is 35.0 Å². The Morgan fingerprint density at radius 2 is 1.79 bits per heavy atom. The fraction of sp³-hybridized carbons (Fsp3) is 0.867. The van der Waals surface area contributed by atoms with Crippen LogP contribution in [-0.2, 0) is 9.59 Å². The van der Waals surface area contributed by atoms with Crippen molar-refractivity contribution in [3.8, 4) is 0 Å². The van der Waals surface area contributed by atoms with Gasteiger partial charge < -0.3 is 10.0 Å². The molecule has 1 saturated heterocycles. The minimum absolute atomic E-state index is 0.0554. The molecule has 3 atom stereocenters. The number of carboxylic acids is 1. The zero-order valence-electron chi connectivity index (χ0n) is 11.8. The summed E-state index contributed by atoms with van der Waals surface area (Å²) in [5.41, 5.74) is 0. The van der Waals surface area contributed by atoms with Gasteiger partial charge in [-0.05, 0) is 38.0 Å². The third-order valence-electron chi connectivity index (χ3n) is 4.59. The number of carboxylic acid groups (broad SMARTS) is 1. The highest BCUT2D eigenvalue weighted by Gasteiger charge is 2.33. The lowest BCUT2D eigenvalue weighted by atomic mass is 9.80. The van der Waals surface area contributed by atoms with Crippen LogP contribution in [0.25, 0.3) is 0 Å². The summed E-state index contributed by atoms with van der Waals surface area (Å²) in [6, 6.07) is 0. The monoisotopic (exact) mass is 267 g/mol. The van der Waals surface area contributed by atoms with E-state index in [-0.39, 0.29) is 17.7 Å². The van der Waals surface area contributed by atoms with Crippen molar-refractivity contribution in [3.63, 3.8) is 0 Å². The van der Waals surface area contributed by atoms with Crippen molar-refractivity contribution in [2.24, 2.45) is 17.8 Å². The maximum atomic E-state index is 12.6. The highest BCUT2D eigenvalue weighted by molar-refractivity contribution is 5.80. The lowest BCUT2D eigenvalue weighted by Crippen LogP contribution is -2.40. The van der Waals surface area contributed by atoms with Crippen LogP contribution in [0.1, 0.15) is 51.9 Å². The van der Waals surface area contributed by atoms with E-state index in [1.807, 2.05) is 4.90 Å². The minimum Gasteiger partial charge on any atom is -0.481 e. The van der Waals surface area contributed by atoms with E-state index in [0.717, 1.165) is 38.8 Å². The average molecular weight is 267 g/mol. The molecule has 0 bridgehead atoms. The van der Waals surface area contributed by atoms with Crippen molar-refractivity contribution in [3.05, 3.63) is 0 Å². The van der Waals surface area contributed by atoms with Gasteiger partial charge in [0.1, 0.15) is 0 Å². The zero-order chi connectivity index (χ0) is 13.8. The molecule has 108 valence electrons. The fourth-order valence-corrected chi connectivity index (χ4v) is 3.45. The van der Waals surface area contributed by atoms with Crippen LogP contribution in [0, 0.1) is 17.8 Å². The molecule has 0 aromatic rings. The second kappa shape index (κ2) is 6.40. The second-order valence-corrected chi connectivity index (χ2v) is 6.28. The van der Waals surface area contributed by atoms with Crippen LogP contribution in [0.4, 0.5) is 0 Å². The third kappa shape index (κ3) is 3.71. The Labute approximate surface area is 115 Å². The van der Waals surface area contributed by atoms with E-state index >= 15 is 0 Å². The van der Waals surface area contributed by atoms with Gasteiger partial charge in [0, 0.05) is 19.0 Å². The molecular weight excluding hydrogens is 242 g/mol. The molecule has 1 aliphatic heterocycles. The smallest absolute Gasteiger partial charge is 0.306 e. The first-order valence-corrected chi connectivity index (χ1v) is 7.59.